The first-order valence-electron chi connectivity index (χ1n) is 14.6. The second-order valence-corrected chi connectivity index (χ2v) is 11.0. The minimum atomic E-state index is -0.702. The lowest BCUT2D eigenvalue weighted by Crippen LogP contribution is -2.37. The van der Waals surface area contributed by atoms with Crippen molar-refractivity contribution >= 4 is 17.8 Å². The summed E-state index contributed by atoms with van der Waals surface area (Å²) in [6.45, 7) is 6.22. The molecule has 2 aromatic rings. The van der Waals surface area contributed by atoms with E-state index in [1.165, 1.54) is 12.1 Å². The molecule has 0 radical (unpaired) electrons. The van der Waals surface area contributed by atoms with E-state index in [1.54, 1.807) is 49.6 Å². The van der Waals surface area contributed by atoms with Crippen molar-refractivity contribution in [3.63, 3.8) is 0 Å². The molecule has 224 valence electrons. The fourth-order valence-electron chi connectivity index (χ4n) is 5.61. The zero-order valence-electron chi connectivity index (χ0n) is 24.5. The molecule has 2 amide bonds. The summed E-state index contributed by atoms with van der Waals surface area (Å²) in [6, 6.07) is 13.0. The number of ether oxygens (including phenoxy) is 2. The van der Waals surface area contributed by atoms with Crippen molar-refractivity contribution in [3.05, 3.63) is 118 Å². The van der Waals surface area contributed by atoms with E-state index in [2.05, 4.69) is 16.0 Å². The van der Waals surface area contributed by atoms with Crippen molar-refractivity contribution in [3.8, 4) is 0 Å². The monoisotopic (exact) mass is 585 g/mol. The van der Waals surface area contributed by atoms with Crippen molar-refractivity contribution in [1.82, 2.24) is 16.0 Å². The zero-order chi connectivity index (χ0) is 30.5. The van der Waals surface area contributed by atoms with E-state index in [4.69, 9.17) is 9.47 Å². The summed E-state index contributed by atoms with van der Waals surface area (Å²) in [6.07, 6.45) is 7.13. The Kier molecular flexibility index (Phi) is 9.09. The van der Waals surface area contributed by atoms with Crippen LogP contribution in [-0.4, -0.2) is 37.0 Å². The maximum absolute atomic E-state index is 13.6. The molecule has 0 aliphatic carbocycles. The van der Waals surface area contributed by atoms with Crippen LogP contribution in [0.5, 0.6) is 0 Å². The molecule has 0 saturated carbocycles. The van der Waals surface area contributed by atoms with Crippen molar-refractivity contribution in [2.24, 2.45) is 5.92 Å². The van der Waals surface area contributed by atoms with Gasteiger partial charge in [0.2, 0.25) is 0 Å². The van der Waals surface area contributed by atoms with Gasteiger partial charge in [-0.15, -0.1) is 0 Å². The summed E-state index contributed by atoms with van der Waals surface area (Å²) in [5.74, 6) is -1.28. The minimum Gasteiger partial charge on any atom is -0.468 e. The van der Waals surface area contributed by atoms with Gasteiger partial charge in [-0.2, -0.15) is 0 Å². The smallest absolute Gasteiger partial charge is 0.336 e. The molecule has 0 spiro atoms. The molecule has 2 unspecified atom stereocenters. The van der Waals surface area contributed by atoms with Gasteiger partial charge in [-0.25, -0.2) is 9.18 Å². The number of nitrogens with one attached hydrogen (secondary N) is 3. The Labute approximate surface area is 250 Å². The molecule has 3 aliphatic rings. The molecule has 2 aromatic carbocycles. The molecule has 2 atom stereocenters. The SMILES string of the molecule is CCOC(=O)C1=C(CCc2ccc(F)cc2)NC2=C(C(=O)NC2C(C)C)C1c1ccc(C(=O)NCC2=CCC=CO2)cc1. The van der Waals surface area contributed by atoms with Crippen LogP contribution in [0.3, 0.4) is 0 Å². The maximum atomic E-state index is 13.6. The lowest BCUT2D eigenvalue weighted by atomic mass is 9.78. The lowest BCUT2D eigenvalue weighted by Gasteiger charge is -2.31. The molecule has 0 saturated heterocycles. The van der Waals surface area contributed by atoms with E-state index in [-0.39, 0.29) is 42.7 Å². The van der Waals surface area contributed by atoms with Crippen LogP contribution in [0.15, 0.2) is 95.2 Å². The number of esters is 1. The molecule has 5 rings (SSSR count). The Morgan fingerprint density at radius 2 is 1.84 bits per heavy atom. The van der Waals surface area contributed by atoms with E-state index in [1.807, 2.05) is 26.0 Å². The third kappa shape index (κ3) is 6.56. The summed E-state index contributed by atoms with van der Waals surface area (Å²) < 4.78 is 24.4. The molecular weight excluding hydrogens is 549 g/mol. The average Bonchev–Trinajstić information content (AvgIpc) is 3.35. The van der Waals surface area contributed by atoms with Gasteiger partial charge >= 0.3 is 5.97 Å². The lowest BCUT2D eigenvalue weighted by molar-refractivity contribution is -0.138. The fraction of sp³-hybridized carbons (Fsp3) is 0.324. The number of rotatable bonds is 10. The van der Waals surface area contributed by atoms with Crippen LogP contribution in [0.25, 0.3) is 0 Å². The molecule has 0 aromatic heterocycles. The molecular formula is C34H36FN3O5. The van der Waals surface area contributed by atoms with Gasteiger partial charge in [0.25, 0.3) is 11.8 Å². The second kappa shape index (κ2) is 13.1. The van der Waals surface area contributed by atoms with Crippen LogP contribution in [0, 0.1) is 11.7 Å². The van der Waals surface area contributed by atoms with Gasteiger partial charge in [0.1, 0.15) is 11.6 Å². The predicted octanol–water partition coefficient (Wildman–Crippen LogP) is 4.92. The number of aryl methyl sites for hydroxylation is 1. The first kappa shape index (κ1) is 29.8. The Hall–Kier alpha value is -4.66. The zero-order valence-corrected chi connectivity index (χ0v) is 24.5. The summed E-state index contributed by atoms with van der Waals surface area (Å²) in [4.78, 5) is 39.9. The van der Waals surface area contributed by atoms with Crippen LogP contribution in [0.4, 0.5) is 4.39 Å². The van der Waals surface area contributed by atoms with Crippen LogP contribution in [0.1, 0.15) is 61.0 Å². The normalized spacial score (nSPS) is 19.4. The van der Waals surface area contributed by atoms with Crippen molar-refractivity contribution in [2.75, 3.05) is 13.2 Å². The highest BCUT2D eigenvalue weighted by Crippen LogP contribution is 2.43. The Morgan fingerprint density at radius 3 is 2.49 bits per heavy atom. The first-order chi connectivity index (χ1) is 20.8. The van der Waals surface area contributed by atoms with Gasteiger partial charge in [-0.1, -0.05) is 38.1 Å². The van der Waals surface area contributed by atoms with Gasteiger partial charge in [-0.05, 0) is 79.6 Å². The van der Waals surface area contributed by atoms with Gasteiger partial charge < -0.3 is 25.4 Å². The van der Waals surface area contributed by atoms with Crippen molar-refractivity contribution in [2.45, 2.75) is 52.0 Å². The summed E-state index contributed by atoms with van der Waals surface area (Å²) >= 11 is 0. The predicted molar refractivity (Wildman–Crippen MR) is 160 cm³/mol. The van der Waals surface area contributed by atoms with Crippen LogP contribution in [0.2, 0.25) is 0 Å². The number of amides is 2. The number of hydrogen-bond acceptors (Lipinski definition) is 6. The van der Waals surface area contributed by atoms with Crippen molar-refractivity contribution in [1.29, 1.82) is 0 Å². The average molecular weight is 586 g/mol. The minimum absolute atomic E-state index is 0.0944. The van der Waals surface area contributed by atoms with E-state index in [0.29, 0.717) is 46.6 Å². The number of hydrogen-bond donors (Lipinski definition) is 3. The Balaban J connectivity index is 1.49. The first-order valence-corrected chi connectivity index (χ1v) is 14.6. The number of halogens is 1. The number of allylic oxidation sites excluding steroid dienone is 3. The molecule has 0 fully saturated rings. The molecule has 3 N–H and O–H groups in total. The van der Waals surface area contributed by atoms with Gasteiger partial charge in [-0.3, -0.25) is 9.59 Å². The van der Waals surface area contributed by atoms with Gasteiger partial charge in [0.05, 0.1) is 42.5 Å². The summed E-state index contributed by atoms with van der Waals surface area (Å²) in [5.41, 5.74) is 4.27. The summed E-state index contributed by atoms with van der Waals surface area (Å²) in [7, 11) is 0. The Morgan fingerprint density at radius 1 is 1.09 bits per heavy atom. The van der Waals surface area contributed by atoms with Gasteiger partial charge in [0, 0.05) is 17.0 Å². The molecule has 43 heavy (non-hydrogen) atoms. The molecule has 8 nitrogen and oxygen atoms in total. The van der Waals surface area contributed by atoms with E-state index < -0.39 is 11.9 Å². The van der Waals surface area contributed by atoms with Crippen LogP contribution in [-0.2, 0) is 25.5 Å². The highest BCUT2D eigenvalue weighted by atomic mass is 19.1. The number of carbonyl (C=O) groups excluding carboxylic acids is 3. The Bertz CT molecular complexity index is 1520. The highest BCUT2D eigenvalue weighted by Gasteiger charge is 2.45. The fourth-order valence-corrected chi connectivity index (χ4v) is 5.61. The third-order valence-corrected chi connectivity index (χ3v) is 7.79. The molecule has 3 heterocycles. The van der Waals surface area contributed by atoms with Crippen molar-refractivity contribution < 1.29 is 28.2 Å². The van der Waals surface area contributed by atoms with Gasteiger partial charge in [0.15, 0.2) is 0 Å². The van der Waals surface area contributed by atoms with Crippen LogP contribution < -0.4 is 16.0 Å². The number of dihydropyridines is 1. The van der Waals surface area contributed by atoms with E-state index in [9.17, 15) is 18.8 Å². The highest BCUT2D eigenvalue weighted by molar-refractivity contribution is 6.04. The number of carbonyl (C=O) groups is 3. The molecule has 3 aliphatic heterocycles. The molecule has 0 bridgehead atoms. The van der Waals surface area contributed by atoms with Crippen LogP contribution >= 0.6 is 0 Å². The number of benzene rings is 2. The maximum Gasteiger partial charge on any atom is 0.336 e. The standard InChI is InChI=1S/C34H36FN3O5/c1-4-42-34(41)28-26(17-10-21-8-15-24(35)16-9-21)37-31-29(33(40)38-30(31)20(2)3)27(28)22-11-13-23(14-12-22)32(39)36-19-25-7-5-6-18-43-25/h6-9,11-16,18,20,27,30,37H,4-5,10,17,19H2,1-3H3,(H,36,39)(H,38,40). The molecule has 9 heteroatoms. The van der Waals surface area contributed by atoms with E-state index >= 15 is 0 Å². The summed E-state index contributed by atoms with van der Waals surface area (Å²) in [5, 5.41) is 9.38. The largest absolute Gasteiger partial charge is 0.468 e. The topological polar surface area (TPSA) is 106 Å². The van der Waals surface area contributed by atoms with E-state index in [0.717, 1.165) is 17.7 Å². The second-order valence-electron chi connectivity index (χ2n) is 11.0. The third-order valence-electron chi connectivity index (χ3n) is 7.79. The quantitative estimate of drug-likeness (QED) is 0.342.